The highest BCUT2D eigenvalue weighted by atomic mass is 32.2. The van der Waals surface area contributed by atoms with Crippen LogP contribution in [0.25, 0.3) is 0 Å². The first-order chi connectivity index (χ1) is 6.06. The summed E-state index contributed by atoms with van der Waals surface area (Å²) in [7, 11) is -3.39. The second-order valence-electron chi connectivity index (χ2n) is 2.50. The molecule has 1 rings (SSSR count). The molecule has 13 heavy (non-hydrogen) atoms. The van der Waals surface area contributed by atoms with Crippen molar-refractivity contribution in [1.82, 2.24) is 4.72 Å². The molecule has 0 saturated heterocycles. The molecule has 72 valence electrons. The molecule has 0 amide bonds. The van der Waals surface area contributed by atoms with Crippen LogP contribution in [0.4, 0.5) is 0 Å². The lowest BCUT2D eigenvalue weighted by atomic mass is 10.3. The molecule has 0 saturated carbocycles. The Labute approximate surface area is 77.3 Å². The predicted octanol–water partition coefficient (Wildman–Crippen LogP) is 0.690. The van der Waals surface area contributed by atoms with Crippen LogP contribution in [0.2, 0.25) is 0 Å². The molecule has 0 bridgehead atoms. The third kappa shape index (κ3) is 2.43. The molecule has 0 radical (unpaired) electrons. The largest absolute Gasteiger partial charge is 0.508 e. The van der Waals surface area contributed by atoms with E-state index in [2.05, 4.69) is 4.72 Å². The van der Waals surface area contributed by atoms with Gasteiger partial charge in [0.05, 0.1) is 4.90 Å². The highest BCUT2D eigenvalue weighted by Gasteiger charge is 2.11. The van der Waals surface area contributed by atoms with Gasteiger partial charge < -0.3 is 5.11 Å². The zero-order chi connectivity index (χ0) is 9.90. The standard InChI is InChI=1S/C8H11NO3S/c1-2-9-13(11,12)8-5-3-7(10)4-6-8/h3-6,9-10H,2H2,1H3. The lowest BCUT2D eigenvalue weighted by molar-refractivity contribution is 0.474. The maximum absolute atomic E-state index is 11.4. The number of hydrogen-bond acceptors (Lipinski definition) is 3. The number of sulfonamides is 1. The number of phenols is 1. The zero-order valence-corrected chi connectivity index (χ0v) is 8.00. The van der Waals surface area contributed by atoms with Crippen LogP contribution in [0.15, 0.2) is 29.2 Å². The minimum Gasteiger partial charge on any atom is -0.508 e. The van der Waals surface area contributed by atoms with Gasteiger partial charge in [-0.25, -0.2) is 13.1 Å². The molecule has 0 aliphatic carbocycles. The molecule has 5 heteroatoms. The summed E-state index contributed by atoms with van der Waals surface area (Å²) < 4.78 is 25.0. The molecule has 0 spiro atoms. The van der Waals surface area contributed by atoms with Gasteiger partial charge in [0.25, 0.3) is 0 Å². The molecule has 0 unspecified atom stereocenters. The van der Waals surface area contributed by atoms with E-state index in [0.29, 0.717) is 6.54 Å². The van der Waals surface area contributed by atoms with E-state index < -0.39 is 10.0 Å². The Morgan fingerprint density at radius 3 is 2.31 bits per heavy atom. The number of rotatable bonds is 3. The fourth-order valence-corrected chi connectivity index (χ4v) is 1.94. The van der Waals surface area contributed by atoms with Gasteiger partial charge in [0.15, 0.2) is 0 Å². The lowest BCUT2D eigenvalue weighted by Gasteiger charge is -2.03. The third-order valence-corrected chi connectivity index (χ3v) is 3.04. The maximum atomic E-state index is 11.4. The quantitative estimate of drug-likeness (QED) is 0.756. The summed E-state index contributed by atoms with van der Waals surface area (Å²) in [4.78, 5) is 0.159. The summed E-state index contributed by atoms with van der Waals surface area (Å²) in [6.45, 7) is 2.06. The van der Waals surface area contributed by atoms with Crippen LogP contribution in [0.1, 0.15) is 6.92 Å². The van der Waals surface area contributed by atoms with Crippen LogP contribution in [0, 0.1) is 0 Å². The van der Waals surface area contributed by atoms with Gasteiger partial charge in [-0.3, -0.25) is 0 Å². The van der Waals surface area contributed by atoms with Gasteiger partial charge in [0, 0.05) is 6.54 Å². The first-order valence-corrected chi connectivity index (χ1v) is 5.33. The summed E-state index contributed by atoms with van der Waals surface area (Å²) in [5, 5.41) is 8.94. The Morgan fingerprint density at radius 1 is 1.31 bits per heavy atom. The van der Waals surface area contributed by atoms with Gasteiger partial charge in [-0.15, -0.1) is 0 Å². The second kappa shape index (κ2) is 3.76. The first-order valence-electron chi connectivity index (χ1n) is 3.85. The molecule has 0 atom stereocenters. The smallest absolute Gasteiger partial charge is 0.240 e. The molecule has 2 N–H and O–H groups in total. The van der Waals surface area contributed by atoms with Crippen LogP contribution in [-0.4, -0.2) is 20.1 Å². The molecular weight excluding hydrogens is 190 g/mol. The van der Waals surface area contributed by atoms with Gasteiger partial charge in [-0.05, 0) is 24.3 Å². The van der Waals surface area contributed by atoms with Gasteiger partial charge in [0.1, 0.15) is 5.75 Å². The zero-order valence-electron chi connectivity index (χ0n) is 7.19. The van der Waals surface area contributed by atoms with Crippen molar-refractivity contribution in [2.45, 2.75) is 11.8 Å². The van der Waals surface area contributed by atoms with Crippen molar-refractivity contribution < 1.29 is 13.5 Å². The van der Waals surface area contributed by atoms with Crippen molar-refractivity contribution in [1.29, 1.82) is 0 Å². The summed E-state index contributed by atoms with van der Waals surface area (Å²) in [5.41, 5.74) is 0. The van der Waals surface area contributed by atoms with Crippen molar-refractivity contribution in [3.63, 3.8) is 0 Å². The summed E-state index contributed by atoms with van der Waals surface area (Å²) in [5.74, 6) is 0.0513. The number of nitrogens with one attached hydrogen (secondary N) is 1. The average molecular weight is 201 g/mol. The number of hydrogen-bond donors (Lipinski definition) is 2. The monoisotopic (exact) mass is 201 g/mol. The van der Waals surface area contributed by atoms with Crippen LogP contribution < -0.4 is 4.72 Å². The van der Waals surface area contributed by atoms with E-state index in [9.17, 15) is 8.42 Å². The molecule has 1 aromatic rings. The fraction of sp³-hybridized carbons (Fsp3) is 0.250. The SMILES string of the molecule is CCNS(=O)(=O)c1ccc(O)cc1. The summed E-state index contributed by atoms with van der Waals surface area (Å²) in [6.07, 6.45) is 0. The minimum atomic E-state index is -3.39. The Hall–Kier alpha value is -1.07. The molecule has 0 fully saturated rings. The van der Waals surface area contributed by atoms with Gasteiger partial charge in [-0.2, -0.15) is 0 Å². The van der Waals surface area contributed by atoms with Crippen molar-refractivity contribution in [3.05, 3.63) is 24.3 Å². The van der Waals surface area contributed by atoms with Gasteiger partial charge in [0.2, 0.25) is 10.0 Å². The van der Waals surface area contributed by atoms with E-state index >= 15 is 0 Å². The Bertz CT molecular complexity index is 369. The normalized spacial score (nSPS) is 11.5. The van der Waals surface area contributed by atoms with Crippen LogP contribution in [-0.2, 0) is 10.0 Å². The molecule has 0 heterocycles. The maximum Gasteiger partial charge on any atom is 0.240 e. The minimum absolute atomic E-state index is 0.0513. The highest BCUT2D eigenvalue weighted by molar-refractivity contribution is 7.89. The van der Waals surface area contributed by atoms with Crippen LogP contribution >= 0.6 is 0 Å². The molecule has 0 aromatic heterocycles. The number of aromatic hydroxyl groups is 1. The van der Waals surface area contributed by atoms with E-state index in [1.165, 1.54) is 24.3 Å². The van der Waals surface area contributed by atoms with E-state index in [1.807, 2.05) is 0 Å². The summed E-state index contributed by atoms with van der Waals surface area (Å²) in [6, 6.07) is 5.38. The second-order valence-corrected chi connectivity index (χ2v) is 4.26. The number of phenolic OH excluding ortho intramolecular Hbond substituents is 1. The molecule has 0 aliphatic heterocycles. The van der Waals surface area contributed by atoms with Crippen molar-refractivity contribution >= 4 is 10.0 Å². The van der Waals surface area contributed by atoms with Crippen molar-refractivity contribution in [2.75, 3.05) is 6.54 Å². The van der Waals surface area contributed by atoms with Crippen molar-refractivity contribution in [2.24, 2.45) is 0 Å². The number of benzene rings is 1. The van der Waals surface area contributed by atoms with E-state index in [0.717, 1.165) is 0 Å². The van der Waals surface area contributed by atoms with Crippen molar-refractivity contribution in [3.8, 4) is 5.75 Å². The molecule has 0 aliphatic rings. The van der Waals surface area contributed by atoms with Gasteiger partial charge >= 0.3 is 0 Å². The third-order valence-electron chi connectivity index (χ3n) is 1.48. The Balaban J connectivity index is 3.02. The average Bonchev–Trinajstić information content (AvgIpc) is 2.05. The van der Waals surface area contributed by atoms with E-state index in [-0.39, 0.29) is 10.6 Å². The predicted molar refractivity (Wildman–Crippen MR) is 49.0 cm³/mol. The lowest BCUT2D eigenvalue weighted by Crippen LogP contribution is -2.22. The molecular formula is C8H11NO3S. The van der Waals surface area contributed by atoms with Crippen LogP contribution in [0.5, 0.6) is 5.75 Å². The summed E-state index contributed by atoms with van der Waals surface area (Å²) >= 11 is 0. The highest BCUT2D eigenvalue weighted by Crippen LogP contribution is 2.13. The Morgan fingerprint density at radius 2 is 1.85 bits per heavy atom. The molecule has 4 nitrogen and oxygen atoms in total. The Kier molecular flexibility index (Phi) is 2.90. The van der Waals surface area contributed by atoms with Crippen LogP contribution in [0.3, 0.4) is 0 Å². The topological polar surface area (TPSA) is 66.4 Å². The molecule has 1 aromatic carbocycles. The fourth-order valence-electron chi connectivity index (χ4n) is 0.899. The first kappa shape index (κ1) is 10.0. The van der Waals surface area contributed by atoms with E-state index in [1.54, 1.807) is 6.92 Å². The van der Waals surface area contributed by atoms with E-state index in [4.69, 9.17) is 5.11 Å². The van der Waals surface area contributed by atoms with Gasteiger partial charge in [-0.1, -0.05) is 6.92 Å².